The average molecular weight is 341 g/mol. The van der Waals surface area contributed by atoms with Crippen molar-refractivity contribution in [3.63, 3.8) is 0 Å². The molecule has 0 amide bonds. The minimum Gasteiger partial charge on any atom is -0.324 e. The topological polar surface area (TPSA) is 56.7 Å². The van der Waals surface area contributed by atoms with Gasteiger partial charge in [0.1, 0.15) is 5.82 Å². The fourth-order valence-corrected chi connectivity index (χ4v) is 2.96. The Balaban J connectivity index is 2.06. The highest BCUT2D eigenvalue weighted by molar-refractivity contribution is 9.10. The first-order valence-corrected chi connectivity index (χ1v) is 8.01. The Kier molecular flexibility index (Phi) is 5.42. The van der Waals surface area contributed by atoms with Gasteiger partial charge in [0.15, 0.2) is 5.16 Å². The van der Waals surface area contributed by atoms with E-state index >= 15 is 0 Å². The van der Waals surface area contributed by atoms with Gasteiger partial charge in [0.05, 0.1) is 6.54 Å². The monoisotopic (exact) mass is 340 g/mol. The summed E-state index contributed by atoms with van der Waals surface area (Å²) in [4.78, 5) is 0. The molecule has 0 saturated heterocycles. The molecule has 19 heavy (non-hydrogen) atoms. The van der Waals surface area contributed by atoms with E-state index in [2.05, 4.69) is 61.9 Å². The second-order valence-electron chi connectivity index (χ2n) is 4.17. The molecule has 0 radical (unpaired) electrons. The first-order valence-electron chi connectivity index (χ1n) is 6.24. The molecule has 0 aliphatic carbocycles. The van der Waals surface area contributed by atoms with Crippen LogP contribution in [0, 0.1) is 0 Å². The molecule has 1 aromatic heterocycles. The van der Waals surface area contributed by atoms with E-state index in [0.29, 0.717) is 6.54 Å². The van der Waals surface area contributed by atoms with E-state index in [4.69, 9.17) is 5.73 Å². The Morgan fingerprint density at radius 2 is 2.00 bits per heavy atom. The van der Waals surface area contributed by atoms with Gasteiger partial charge in [-0.15, -0.1) is 10.2 Å². The summed E-state index contributed by atoms with van der Waals surface area (Å²) in [6.07, 6.45) is 1.05. The van der Waals surface area contributed by atoms with Gasteiger partial charge < -0.3 is 10.3 Å². The van der Waals surface area contributed by atoms with Crippen molar-refractivity contribution in [3.8, 4) is 0 Å². The second-order valence-corrected chi connectivity index (χ2v) is 6.03. The lowest BCUT2D eigenvalue weighted by Crippen LogP contribution is -2.09. The molecule has 2 aromatic rings. The van der Waals surface area contributed by atoms with Crippen molar-refractivity contribution < 1.29 is 0 Å². The summed E-state index contributed by atoms with van der Waals surface area (Å²) in [6.45, 7) is 3.50. The molecule has 6 heteroatoms. The standard InChI is InChI=1S/C13H17BrN4S/c1-2-7-18-12(8-15)16-17-13(18)19-9-10-3-5-11(14)6-4-10/h3-6H,2,7-9,15H2,1H3. The van der Waals surface area contributed by atoms with E-state index in [9.17, 15) is 0 Å². The van der Waals surface area contributed by atoms with E-state index in [1.807, 2.05) is 0 Å². The first kappa shape index (κ1) is 14.6. The van der Waals surface area contributed by atoms with Crippen LogP contribution in [0.1, 0.15) is 24.7 Å². The molecule has 0 fully saturated rings. The number of hydrogen-bond donors (Lipinski definition) is 1. The highest BCUT2D eigenvalue weighted by Gasteiger charge is 2.10. The van der Waals surface area contributed by atoms with Crippen LogP contribution in [0.3, 0.4) is 0 Å². The number of nitrogens with zero attached hydrogens (tertiary/aromatic N) is 3. The number of nitrogens with two attached hydrogens (primary N) is 1. The first-order chi connectivity index (χ1) is 9.24. The number of hydrogen-bond acceptors (Lipinski definition) is 4. The van der Waals surface area contributed by atoms with Gasteiger partial charge in [0, 0.05) is 16.8 Å². The Hall–Kier alpha value is -0.850. The fourth-order valence-electron chi connectivity index (χ4n) is 1.75. The fraction of sp³-hybridized carbons (Fsp3) is 0.385. The van der Waals surface area contributed by atoms with E-state index in [1.54, 1.807) is 11.8 Å². The predicted octanol–water partition coefficient (Wildman–Crippen LogP) is 3.20. The van der Waals surface area contributed by atoms with Crippen LogP contribution in [0.25, 0.3) is 0 Å². The van der Waals surface area contributed by atoms with Crippen LogP contribution in [-0.4, -0.2) is 14.8 Å². The maximum Gasteiger partial charge on any atom is 0.191 e. The third-order valence-electron chi connectivity index (χ3n) is 2.70. The van der Waals surface area contributed by atoms with Crippen molar-refractivity contribution >= 4 is 27.7 Å². The van der Waals surface area contributed by atoms with E-state index in [0.717, 1.165) is 34.2 Å². The van der Waals surface area contributed by atoms with E-state index < -0.39 is 0 Å². The van der Waals surface area contributed by atoms with Crippen LogP contribution in [0.4, 0.5) is 0 Å². The van der Waals surface area contributed by atoms with Crippen molar-refractivity contribution in [3.05, 3.63) is 40.1 Å². The molecule has 0 unspecified atom stereocenters. The van der Waals surface area contributed by atoms with Crippen LogP contribution < -0.4 is 5.73 Å². The maximum atomic E-state index is 5.68. The molecule has 0 spiro atoms. The summed E-state index contributed by atoms with van der Waals surface area (Å²) in [5.41, 5.74) is 6.95. The molecule has 1 heterocycles. The summed E-state index contributed by atoms with van der Waals surface area (Å²) in [7, 11) is 0. The van der Waals surface area contributed by atoms with Crippen molar-refractivity contribution in [2.24, 2.45) is 5.73 Å². The van der Waals surface area contributed by atoms with Crippen LogP contribution in [0.15, 0.2) is 33.9 Å². The highest BCUT2D eigenvalue weighted by Crippen LogP contribution is 2.23. The molecule has 0 aliphatic rings. The molecule has 0 aliphatic heterocycles. The molecule has 0 atom stereocenters. The molecule has 2 N–H and O–H groups in total. The number of benzene rings is 1. The van der Waals surface area contributed by atoms with Gasteiger partial charge in [-0.2, -0.15) is 0 Å². The minimum absolute atomic E-state index is 0.436. The Morgan fingerprint density at radius 3 is 2.63 bits per heavy atom. The smallest absolute Gasteiger partial charge is 0.191 e. The normalized spacial score (nSPS) is 10.9. The van der Waals surface area contributed by atoms with Crippen molar-refractivity contribution in [2.75, 3.05) is 0 Å². The third kappa shape index (κ3) is 3.81. The molecule has 0 saturated carbocycles. The molecule has 0 bridgehead atoms. The van der Waals surface area contributed by atoms with Gasteiger partial charge in [-0.3, -0.25) is 0 Å². The SMILES string of the molecule is CCCn1c(CN)nnc1SCc1ccc(Br)cc1. The lowest BCUT2D eigenvalue weighted by atomic mass is 10.2. The lowest BCUT2D eigenvalue weighted by Gasteiger charge is -2.07. The van der Waals surface area contributed by atoms with Crippen molar-refractivity contribution in [1.82, 2.24) is 14.8 Å². The van der Waals surface area contributed by atoms with Gasteiger partial charge >= 0.3 is 0 Å². The van der Waals surface area contributed by atoms with Crippen LogP contribution in [-0.2, 0) is 18.8 Å². The molecule has 1 aromatic carbocycles. The van der Waals surface area contributed by atoms with Crippen molar-refractivity contribution in [2.45, 2.75) is 37.3 Å². The van der Waals surface area contributed by atoms with Crippen LogP contribution >= 0.6 is 27.7 Å². The van der Waals surface area contributed by atoms with Gasteiger partial charge in [-0.25, -0.2) is 0 Å². The summed E-state index contributed by atoms with van der Waals surface area (Å²) in [5.74, 6) is 1.75. The lowest BCUT2D eigenvalue weighted by molar-refractivity contribution is 0.592. The number of halogens is 1. The molecular weight excluding hydrogens is 324 g/mol. The summed E-state index contributed by atoms with van der Waals surface area (Å²) >= 11 is 5.14. The molecule has 4 nitrogen and oxygen atoms in total. The second kappa shape index (κ2) is 7.07. The summed E-state index contributed by atoms with van der Waals surface area (Å²) < 4.78 is 3.21. The summed E-state index contributed by atoms with van der Waals surface area (Å²) in [5, 5.41) is 9.31. The number of aromatic nitrogens is 3. The quantitative estimate of drug-likeness (QED) is 0.820. The minimum atomic E-state index is 0.436. The maximum absolute atomic E-state index is 5.68. The summed E-state index contributed by atoms with van der Waals surface area (Å²) in [6, 6.07) is 8.33. The van der Waals surface area contributed by atoms with Crippen LogP contribution in [0.2, 0.25) is 0 Å². The zero-order valence-corrected chi connectivity index (χ0v) is 13.2. The Morgan fingerprint density at radius 1 is 1.26 bits per heavy atom. The zero-order valence-electron chi connectivity index (χ0n) is 10.8. The predicted molar refractivity (Wildman–Crippen MR) is 81.9 cm³/mol. The van der Waals surface area contributed by atoms with Crippen molar-refractivity contribution in [1.29, 1.82) is 0 Å². The molecule has 102 valence electrons. The van der Waals surface area contributed by atoms with Crippen LogP contribution in [0.5, 0.6) is 0 Å². The van der Waals surface area contributed by atoms with Gasteiger partial charge in [-0.05, 0) is 24.1 Å². The highest BCUT2D eigenvalue weighted by atomic mass is 79.9. The Bertz CT molecular complexity index is 524. The van der Waals surface area contributed by atoms with Gasteiger partial charge in [-0.1, -0.05) is 46.7 Å². The molecule has 2 rings (SSSR count). The molecular formula is C13H17BrN4S. The largest absolute Gasteiger partial charge is 0.324 e. The Labute approximate surface area is 125 Å². The number of rotatable bonds is 6. The zero-order chi connectivity index (χ0) is 13.7. The number of thioether (sulfide) groups is 1. The average Bonchev–Trinajstić information content (AvgIpc) is 2.81. The van der Waals surface area contributed by atoms with Gasteiger partial charge in [0.2, 0.25) is 0 Å². The van der Waals surface area contributed by atoms with E-state index in [-0.39, 0.29) is 0 Å². The van der Waals surface area contributed by atoms with E-state index in [1.165, 1.54) is 5.56 Å². The van der Waals surface area contributed by atoms with Gasteiger partial charge in [0.25, 0.3) is 0 Å². The third-order valence-corrected chi connectivity index (χ3v) is 4.27.